The number of rotatable bonds is 28. The number of carboxylic acids is 1. The number of carboxylic acid groups (broad SMARTS) is 1. The quantitative estimate of drug-likeness (QED) is 0.00789. The summed E-state index contributed by atoms with van der Waals surface area (Å²) in [6.07, 6.45) is -2.93. The van der Waals surface area contributed by atoms with Gasteiger partial charge < -0.3 is 63.8 Å². The number of nitrogens with two attached hydrogens (primary N) is 1. The van der Waals surface area contributed by atoms with Crippen molar-refractivity contribution in [2.75, 3.05) is 40.2 Å². The first-order chi connectivity index (χ1) is 40.9. The molecule has 461 valence electrons. The Morgan fingerprint density at radius 2 is 1.10 bits per heavy atom. The molecule has 0 bridgehead atoms. The van der Waals surface area contributed by atoms with Gasteiger partial charge in [-0.05, 0) is 80.8 Å². The van der Waals surface area contributed by atoms with E-state index in [-0.39, 0.29) is 54.3 Å². The van der Waals surface area contributed by atoms with Crippen LogP contribution in [0.25, 0.3) is 22.3 Å². The highest BCUT2D eigenvalue weighted by Crippen LogP contribution is 2.28. The monoisotopic (exact) mass is 1260 g/mol. The molecule has 2 aromatic heterocycles. The van der Waals surface area contributed by atoms with Crippen molar-refractivity contribution >= 4 is 84.1 Å². The van der Waals surface area contributed by atoms with E-state index in [0.29, 0.717) is 49.6 Å². The molecular weight excluding hydrogens is 1200 g/mol. The van der Waals surface area contributed by atoms with Crippen LogP contribution >= 0.6 is 34.8 Å². The fraction of sp³-hybridized carbons (Fsp3) is 0.327. The third-order valence-electron chi connectivity index (χ3n) is 11.7. The Balaban J connectivity index is 0.000000311. The van der Waals surface area contributed by atoms with Crippen LogP contribution in [0.3, 0.4) is 0 Å². The number of halogens is 5. The van der Waals surface area contributed by atoms with Crippen LogP contribution in [0.15, 0.2) is 106 Å². The van der Waals surface area contributed by atoms with Gasteiger partial charge in [-0.15, -0.1) is 0 Å². The molecule has 0 aliphatic heterocycles. The van der Waals surface area contributed by atoms with E-state index in [1.165, 1.54) is 80.2 Å². The number of methoxy groups -OCH3 is 2. The molecule has 25 nitrogen and oxygen atoms in total. The predicted octanol–water partition coefficient (Wildman–Crippen LogP) is 5.56. The molecule has 6 rings (SSSR count). The molecule has 1 radical (unpaired) electrons. The van der Waals surface area contributed by atoms with Gasteiger partial charge in [-0.25, -0.2) is 28.4 Å². The number of aromatic nitrogens is 2. The van der Waals surface area contributed by atoms with E-state index in [9.17, 15) is 52.6 Å². The standard InChI is InChI=1S/C27H30ClFN4O8.C21H19ClFN3O6.C7H12BClNO3/c1-15(2)24(30)27(37)40-14-39-26(36)21(34)13-33(31-25(35)22-11-23(38-3)32-41-22)12-16-4-6-17(7-5-16)19-10-18(28)8-9-20(19)29;1-31-19-9-18(32-25-19)20(28)24-26(11-17(27)21(29)30)10-12-2-4-13(5-3-12)15-8-14(22)6-7-16(15)23;1-5(2)6(10-8-3-11)7(12)13-4-9/h4-11,15,21,24,34H,12-14,30H2,1-3H3,(H,31,35);2-9,17,27H,10-11H2,1H3,(H,24,28)(H,29,30);3,5-6,10H,4H2,1-2H3/t21-,24+;17-;6-/m110/s1. The average Bonchev–Trinajstić information content (AvgIpc) is 4.34. The largest absolute Gasteiger partial charge is 0.479 e. The molecule has 0 saturated carbocycles. The second-order valence-corrected chi connectivity index (χ2v) is 19.8. The Morgan fingerprint density at radius 1 is 0.663 bits per heavy atom. The van der Waals surface area contributed by atoms with E-state index < -0.39 is 91.5 Å². The number of amides is 2. The number of carbonyl (C=O) groups is 7. The summed E-state index contributed by atoms with van der Waals surface area (Å²) in [5.74, 6) is -6.45. The van der Waals surface area contributed by atoms with Gasteiger partial charge in [0.1, 0.15) is 17.7 Å². The lowest BCUT2D eigenvalue weighted by Gasteiger charge is -2.24. The highest BCUT2D eigenvalue weighted by molar-refractivity contribution is 6.64. The fourth-order valence-electron chi connectivity index (χ4n) is 7.08. The summed E-state index contributed by atoms with van der Waals surface area (Å²) in [6.45, 7) is 5.58. The number of hydrogen-bond acceptors (Lipinski definition) is 22. The number of hydrogen-bond donors (Lipinski definition) is 7. The lowest BCUT2D eigenvalue weighted by Crippen LogP contribution is -2.47. The first kappa shape index (κ1) is 70.4. The first-order valence-electron chi connectivity index (χ1n) is 25.5. The van der Waals surface area contributed by atoms with Crippen molar-refractivity contribution in [3.63, 3.8) is 0 Å². The molecule has 4 atom stereocenters. The molecule has 0 saturated heterocycles. The molecule has 0 aliphatic rings. The fourth-order valence-corrected chi connectivity index (χ4v) is 7.53. The lowest BCUT2D eigenvalue weighted by atomic mass is 9.92. The number of nitrogens with one attached hydrogen (secondary N) is 3. The van der Waals surface area contributed by atoms with E-state index in [1.54, 1.807) is 62.4 Å². The zero-order valence-corrected chi connectivity index (χ0v) is 49.2. The van der Waals surface area contributed by atoms with Crippen molar-refractivity contribution in [1.82, 2.24) is 36.4 Å². The molecule has 2 heterocycles. The maximum absolute atomic E-state index is 14.3. The number of nitrogens with zero attached hydrogens (tertiary/aromatic N) is 4. The topological polar surface area (TPSA) is 347 Å². The van der Waals surface area contributed by atoms with Gasteiger partial charge in [-0.2, -0.15) is 0 Å². The molecule has 31 heteroatoms. The number of alkyl halides is 1. The van der Waals surface area contributed by atoms with Gasteiger partial charge in [-0.1, -0.05) is 111 Å². The minimum absolute atomic E-state index is 0.00210. The van der Waals surface area contributed by atoms with Gasteiger partial charge in [0, 0.05) is 34.3 Å². The number of benzene rings is 4. The molecule has 6 aromatic rings. The molecule has 2 amide bonds. The van der Waals surface area contributed by atoms with Crippen LogP contribution in [0.4, 0.5) is 8.78 Å². The van der Waals surface area contributed by atoms with Crippen LogP contribution in [0.2, 0.25) is 10.0 Å². The molecule has 8 N–H and O–H groups in total. The van der Waals surface area contributed by atoms with Crippen molar-refractivity contribution in [1.29, 1.82) is 0 Å². The van der Waals surface area contributed by atoms with Crippen LogP contribution in [0.5, 0.6) is 11.8 Å². The van der Waals surface area contributed by atoms with E-state index in [0.717, 1.165) is 0 Å². The maximum Gasteiger partial charge on any atom is 0.339 e. The third-order valence-corrected chi connectivity index (χ3v) is 12.3. The Morgan fingerprint density at radius 3 is 1.49 bits per heavy atom. The zero-order valence-electron chi connectivity index (χ0n) is 46.9. The number of esters is 3. The summed E-state index contributed by atoms with van der Waals surface area (Å²) in [7, 11) is 3.87. The van der Waals surface area contributed by atoms with Crippen molar-refractivity contribution in [2.24, 2.45) is 17.6 Å². The van der Waals surface area contributed by atoms with Crippen molar-refractivity contribution in [3.05, 3.63) is 141 Å². The minimum Gasteiger partial charge on any atom is -0.479 e. The number of hydrazine groups is 2. The predicted molar refractivity (Wildman–Crippen MR) is 306 cm³/mol. The molecule has 0 unspecified atom stereocenters. The summed E-state index contributed by atoms with van der Waals surface area (Å²) in [5, 5.41) is 42.2. The second kappa shape index (κ2) is 35.4. The number of carbonyl (C=O) groups excluding carboxylic acids is 6. The summed E-state index contributed by atoms with van der Waals surface area (Å²) in [6, 6.07) is 22.7. The zero-order chi connectivity index (χ0) is 63.6. The molecule has 0 fully saturated rings. The minimum atomic E-state index is -1.75. The van der Waals surface area contributed by atoms with Crippen LogP contribution in [0.1, 0.15) is 59.9 Å². The van der Waals surface area contributed by atoms with E-state index in [2.05, 4.69) is 31.1 Å². The average molecular weight is 1260 g/mol. The number of ether oxygens (including phenoxy) is 5. The maximum atomic E-state index is 14.3. The van der Waals surface area contributed by atoms with E-state index >= 15 is 0 Å². The van der Waals surface area contributed by atoms with Gasteiger partial charge in [-0.3, -0.25) is 30.0 Å². The summed E-state index contributed by atoms with van der Waals surface area (Å²) < 4.78 is 62.2. The van der Waals surface area contributed by atoms with Gasteiger partial charge >= 0.3 is 35.7 Å². The normalized spacial score (nSPS) is 12.3. The summed E-state index contributed by atoms with van der Waals surface area (Å²) >= 11 is 17.2. The first-order valence-corrected chi connectivity index (χ1v) is 26.8. The molecule has 0 aliphatic carbocycles. The molecular formula is C55H61BCl3F2N8O17. The van der Waals surface area contributed by atoms with Crippen molar-refractivity contribution in [3.8, 4) is 34.0 Å². The molecule has 86 heavy (non-hydrogen) atoms. The second-order valence-electron chi connectivity index (χ2n) is 18.7. The van der Waals surface area contributed by atoms with E-state index in [1.807, 2.05) is 13.8 Å². The third kappa shape index (κ3) is 22.7. The summed E-state index contributed by atoms with van der Waals surface area (Å²) in [4.78, 5) is 81.6. The highest BCUT2D eigenvalue weighted by Gasteiger charge is 2.27. The van der Waals surface area contributed by atoms with Crippen molar-refractivity contribution in [2.45, 2.75) is 65.1 Å². The van der Waals surface area contributed by atoms with Crippen LogP contribution in [-0.2, 0) is 51.3 Å². The van der Waals surface area contributed by atoms with Gasteiger partial charge in [0.25, 0.3) is 19.2 Å². The van der Waals surface area contributed by atoms with Crippen molar-refractivity contribution < 1.29 is 90.4 Å². The number of aliphatic hydroxyl groups excluding tert-OH is 2. The number of aliphatic hydroxyl groups is 2. The van der Waals surface area contributed by atoms with Gasteiger partial charge in [0.05, 0.1) is 51.7 Å². The van der Waals surface area contributed by atoms with Gasteiger partial charge in [0.15, 0.2) is 18.3 Å². The Kier molecular flexibility index (Phi) is 29.0. The van der Waals surface area contributed by atoms with Gasteiger partial charge in [0.2, 0.25) is 18.3 Å². The smallest absolute Gasteiger partial charge is 0.339 e. The number of aliphatic carboxylic acids is 1. The Labute approximate surface area is 507 Å². The molecule has 4 aromatic carbocycles. The Bertz CT molecular complexity index is 3200. The SMILES string of the molecule is CC(C)[C@H](N[B]C=O)C(=O)OCCl.COc1cc(C(=O)NN(Cc2ccc(-c3cc(Cl)ccc3F)cc2)C[C@@H](O)C(=O)O)on1.COc1cc(C(=O)NN(Cc2ccc(-c3cc(Cl)ccc3F)cc2)C[C@@H](O)C(=O)OCOC(=O)[C@@H](N)C(C)C)on1. The van der Waals surface area contributed by atoms with Crippen LogP contribution < -0.4 is 31.3 Å². The molecule has 0 spiro atoms. The summed E-state index contributed by atoms with van der Waals surface area (Å²) in [5.41, 5.74) is 13.8. The lowest BCUT2D eigenvalue weighted by molar-refractivity contribution is -0.175. The van der Waals surface area contributed by atoms with E-state index in [4.69, 9.17) is 73.6 Å². The van der Waals surface area contributed by atoms with Crippen LogP contribution in [-0.4, -0.2) is 149 Å². The van der Waals surface area contributed by atoms with Crippen LogP contribution in [0, 0.1) is 23.5 Å². The Hall–Kier alpha value is -8.06. The highest BCUT2D eigenvalue weighted by atomic mass is 35.5.